The van der Waals surface area contributed by atoms with E-state index in [9.17, 15) is 9.90 Å². The number of pyridine rings is 1. The molecule has 0 saturated heterocycles. The van der Waals surface area contributed by atoms with Crippen LogP contribution in [0.2, 0.25) is 0 Å². The summed E-state index contributed by atoms with van der Waals surface area (Å²) in [5.74, 6) is 0.667. The fraction of sp³-hybridized carbons (Fsp3) is 0.310. The monoisotopic (exact) mass is 518 g/mol. The molecule has 192 valence electrons. The third-order valence-corrected chi connectivity index (χ3v) is 6.66. The molecule has 1 unspecified atom stereocenters. The zero-order valence-electron chi connectivity index (χ0n) is 20.6. The van der Waals surface area contributed by atoms with Crippen LogP contribution in [0.1, 0.15) is 53.7 Å². The molecule has 0 spiro atoms. The second kappa shape index (κ2) is 12.5. The summed E-state index contributed by atoms with van der Waals surface area (Å²) in [5, 5.41) is 17.3. The number of aryl methyl sites for hydroxylation is 4. The third-order valence-electron chi connectivity index (χ3n) is 6.66. The molecular weight excluding hydrogens is 488 g/mol. The van der Waals surface area contributed by atoms with E-state index in [4.69, 9.17) is 9.51 Å². The Morgan fingerprint density at radius 3 is 2.51 bits per heavy atom. The van der Waals surface area contributed by atoms with E-state index in [1.54, 1.807) is 0 Å². The number of aromatic nitrogens is 3. The van der Waals surface area contributed by atoms with Crippen molar-refractivity contribution in [3.63, 3.8) is 0 Å². The van der Waals surface area contributed by atoms with Gasteiger partial charge in [0.25, 0.3) is 0 Å². The number of rotatable bonds is 10. The Balaban J connectivity index is 0.00000320. The van der Waals surface area contributed by atoms with Gasteiger partial charge in [0.1, 0.15) is 5.82 Å². The lowest BCUT2D eigenvalue weighted by atomic mass is 9.92. The molecule has 37 heavy (non-hydrogen) atoms. The first-order chi connectivity index (χ1) is 17.7. The highest BCUT2D eigenvalue weighted by atomic mass is 35.5. The molecule has 0 bridgehead atoms. The summed E-state index contributed by atoms with van der Waals surface area (Å²) in [4.78, 5) is 21.2. The van der Waals surface area contributed by atoms with Gasteiger partial charge in [0.05, 0.1) is 5.92 Å². The molecule has 0 fully saturated rings. The van der Waals surface area contributed by atoms with Crippen molar-refractivity contribution < 1.29 is 14.4 Å². The average molecular weight is 519 g/mol. The number of fused-ring (bicyclic) bond motifs is 1. The Hall–Kier alpha value is -3.71. The smallest absolute Gasteiger partial charge is 0.310 e. The average Bonchev–Trinajstić information content (AvgIpc) is 3.37. The number of benzene rings is 2. The second-order valence-electron chi connectivity index (χ2n) is 9.22. The van der Waals surface area contributed by atoms with Crippen molar-refractivity contribution in [2.75, 3.05) is 11.9 Å². The van der Waals surface area contributed by atoms with Gasteiger partial charge in [-0.05, 0) is 60.4 Å². The maximum Gasteiger partial charge on any atom is 0.310 e. The van der Waals surface area contributed by atoms with Crippen LogP contribution in [0.3, 0.4) is 0 Å². The Morgan fingerprint density at radius 2 is 1.73 bits per heavy atom. The predicted octanol–water partition coefficient (Wildman–Crippen LogP) is 5.89. The van der Waals surface area contributed by atoms with Crippen LogP contribution in [0.4, 0.5) is 5.82 Å². The summed E-state index contributed by atoms with van der Waals surface area (Å²) in [5.41, 5.74) is 5.29. The molecule has 4 aromatic rings. The lowest BCUT2D eigenvalue weighted by Gasteiger charge is -2.17. The topological polar surface area (TPSA) is 101 Å². The minimum Gasteiger partial charge on any atom is -0.481 e. The van der Waals surface area contributed by atoms with E-state index < -0.39 is 11.9 Å². The Kier molecular flexibility index (Phi) is 8.90. The van der Waals surface area contributed by atoms with E-state index >= 15 is 0 Å². The Bertz CT molecular complexity index is 1310. The first kappa shape index (κ1) is 26.4. The normalized spacial score (nSPS) is 13.2. The van der Waals surface area contributed by atoms with Crippen molar-refractivity contribution in [2.45, 2.75) is 50.9 Å². The fourth-order valence-corrected chi connectivity index (χ4v) is 4.67. The summed E-state index contributed by atoms with van der Waals surface area (Å²) in [6, 6.07) is 22.0. The van der Waals surface area contributed by atoms with Crippen molar-refractivity contribution in [1.82, 2.24) is 15.1 Å². The summed E-state index contributed by atoms with van der Waals surface area (Å²) in [6.07, 6.45) is 5.47. The van der Waals surface area contributed by atoms with Crippen LogP contribution in [-0.2, 0) is 30.5 Å². The molecule has 1 aliphatic heterocycles. The minimum atomic E-state index is -0.853. The highest BCUT2D eigenvalue weighted by Gasteiger charge is 2.21. The molecule has 0 radical (unpaired) electrons. The Morgan fingerprint density at radius 1 is 0.946 bits per heavy atom. The van der Waals surface area contributed by atoms with Gasteiger partial charge in [-0.25, -0.2) is 4.98 Å². The summed E-state index contributed by atoms with van der Waals surface area (Å²) >= 11 is 0. The number of nitrogens with zero attached hydrogens (tertiary/aromatic N) is 3. The van der Waals surface area contributed by atoms with Gasteiger partial charge in [-0.15, -0.1) is 12.4 Å². The van der Waals surface area contributed by atoms with Crippen molar-refractivity contribution in [3.8, 4) is 11.1 Å². The molecule has 1 atom stereocenters. The van der Waals surface area contributed by atoms with Crippen LogP contribution in [0, 0.1) is 0 Å². The largest absolute Gasteiger partial charge is 0.481 e. The van der Waals surface area contributed by atoms with Crippen LogP contribution < -0.4 is 5.32 Å². The summed E-state index contributed by atoms with van der Waals surface area (Å²) in [7, 11) is 0. The number of anilines is 1. The van der Waals surface area contributed by atoms with Crippen molar-refractivity contribution in [2.24, 2.45) is 0 Å². The van der Waals surface area contributed by atoms with E-state index in [-0.39, 0.29) is 12.4 Å². The van der Waals surface area contributed by atoms with E-state index in [1.807, 2.05) is 54.6 Å². The molecule has 7 nitrogen and oxygen atoms in total. The first-order valence-corrected chi connectivity index (χ1v) is 12.6. The maximum atomic E-state index is 12.0. The lowest BCUT2D eigenvalue weighted by Crippen LogP contribution is -2.14. The van der Waals surface area contributed by atoms with Gasteiger partial charge in [-0.3, -0.25) is 4.79 Å². The fourth-order valence-electron chi connectivity index (χ4n) is 4.67. The standard InChI is InChI=1S/C29H30N4O3.ClH/c34-29(35)25(22-13-11-21(12-14-22)20-6-2-1-3-7-20)17-18-27-32-26(33-36-27)10-4-9-24-16-15-23-8-5-19-30-28(23)31-24;/h1-3,6-7,11-16,25H,4-5,8-10,17-19H2,(H,30,31)(H,34,35);1H. The minimum absolute atomic E-state index is 0. The van der Waals surface area contributed by atoms with E-state index in [0.29, 0.717) is 31.0 Å². The molecule has 2 aromatic carbocycles. The summed E-state index contributed by atoms with van der Waals surface area (Å²) in [6.45, 7) is 0.983. The second-order valence-corrected chi connectivity index (χ2v) is 9.22. The SMILES string of the molecule is Cl.O=C(O)C(CCc1nc(CCCc2ccc3c(n2)NCCC3)no1)c1ccc(-c2ccccc2)cc1. The number of hydrogen-bond acceptors (Lipinski definition) is 6. The predicted molar refractivity (Wildman–Crippen MR) is 145 cm³/mol. The third kappa shape index (κ3) is 6.74. The molecule has 5 rings (SSSR count). The van der Waals surface area contributed by atoms with Crippen LogP contribution >= 0.6 is 12.4 Å². The molecular formula is C29H31ClN4O3. The zero-order chi connectivity index (χ0) is 24.7. The Labute approximate surface area is 222 Å². The first-order valence-electron chi connectivity index (χ1n) is 12.6. The van der Waals surface area contributed by atoms with Gasteiger partial charge in [0.15, 0.2) is 5.82 Å². The van der Waals surface area contributed by atoms with Gasteiger partial charge in [-0.1, -0.05) is 65.8 Å². The van der Waals surface area contributed by atoms with Gasteiger partial charge < -0.3 is 14.9 Å². The van der Waals surface area contributed by atoms with E-state index in [0.717, 1.165) is 60.4 Å². The van der Waals surface area contributed by atoms with Crippen molar-refractivity contribution in [3.05, 3.63) is 95.3 Å². The number of aliphatic carboxylic acids is 1. The number of carboxylic acids is 1. The van der Waals surface area contributed by atoms with Gasteiger partial charge in [0.2, 0.25) is 5.89 Å². The highest BCUT2D eigenvalue weighted by Crippen LogP contribution is 2.26. The number of nitrogens with one attached hydrogen (secondary N) is 1. The van der Waals surface area contributed by atoms with Gasteiger partial charge >= 0.3 is 5.97 Å². The van der Waals surface area contributed by atoms with Gasteiger partial charge in [0, 0.05) is 25.1 Å². The molecule has 0 aliphatic carbocycles. The van der Waals surface area contributed by atoms with Crippen molar-refractivity contribution >= 4 is 24.2 Å². The van der Waals surface area contributed by atoms with E-state index in [2.05, 4.69) is 27.6 Å². The lowest BCUT2D eigenvalue weighted by molar-refractivity contribution is -0.139. The molecule has 2 N–H and O–H groups in total. The maximum absolute atomic E-state index is 12.0. The van der Waals surface area contributed by atoms with E-state index in [1.165, 1.54) is 5.56 Å². The van der Waals surface area contributed by atoms with Crippen LogP contribution in [0.5, 0.6) is 0 Å². The molecule has 1 aliphatic rings. The van der Waals surface area contributed by atoms with Crippen LogP contribution in [0.25, 0.3) is 11.1 Å². The molecule has 8 heteroatoms. The van der Waals surface area contributed by atoms with Crippen LogP contribution in [0.15, 0.2) is 71.3 Å². The quantitative estimate of drug-likeness (QED) is 0.270. The number of carbonyl (C=O) groups is 1. The zero-order valence-corrected chi connectivity index (χ0v) is 21.4. The number of halogens is 1. The molecule has 3 heterocycles. The van der Waals surface area contributed by atoms with Gasteiger partial charge in [-0.2, -0.15) is 4.98 Å². The number of hydrogen-bond donors (Lipinski definition) is 2. The number of carboxylic acid groups (broad SMARTS) is 1. The molecule has 0 amide bonds. The highest BCUT2D eigenvalue weighted by molar-refractivity contribution is 5.85. The van der Waals surface area contributed by atoms with Crippen LogP contribution in [-0.4, -0.2) is 32.7 Å². The van der Waals surface area contributed by atoms with Crippen molar-refractivity contribution in [1.29, 1.82) is 0 Å². The molecule has 0 saturated carbocycles. The summed E-state index contributed by atoms with van der Waals surface area (Å²) < 4.78 is 5.41. The molecule has 2 aromatic heterocycles.